The van der Waals surface area contributed by atoms with Gasteiger partial charge in [0, 0.05) is 38.2 Å². The normalized spacial score (nSPS) is 16.7. The number of alkyl halides is 3. The number of carbonyl (C=O) groups excluding carboxylic acids is 1. The monoisotopic (exact) mass is 505 g/mol. The van der Waals surface area contributed by atoms with Gasteiger partial charge in [-0.3, -0.25) is 9.78 Å². The predicted octanol–water partition coefficient (Wildman–Crippen LogP) is 3.38. The largest absolute Gasteiger partial charge is 0.418 e. The summed E-state index contributed by atoms with van der Waals surface area (Å²) in [6.45, 7) is 4.14. The summed E-state index contributed by atoms with van der Waals surface area (Å²) in [4.78, 5) is 23.7. The van der Waals surface area contributed by atoms with Crippen LogP contribution in [0.3, 0.4) is 0 Å². The van der Waals surface area contributed by atoms with E-state index >= 15 is 0 Å². The molecule has 0 radical (unpaired) electrons. The Labute approximate surface area is 207 Å². The Kier molecular flexibility index (Phi) is 8.55. The standard InChI is InChI=1S/C25H30F3N5O3/c1-16(21(14-30-18-7-11-35-12-8-18)36-15-17-5-9-29-10-6-17)31-23(34)13-22-32-20-4-2-3-19(24(20)33-22)25(26,27)28/h2-6,9-10,16,18,21,30H,7-8,11-15H2,1H3,(H,31,34)(H,32,33)/t16?,21-/m0/s1. The first kappa shape index (κ1) is 26.1. The van der Waals surface area contributed by atoms with Crippen LogP contribution in [0.5, 0.6) is 0 Å². The summed E-state index contributed by atoms with van der Waals surface area (Å²) in [5.74, 6) is -0.195. The molecule has 2 atom stereocenters. The number of fused-ring (bicyclic) bond motifs is 1. The van der Waals surface area contributed by atoms with Crippen molar-refractivity contribution >= 4 is 16.9 Å². The van der Waals surface area contributed by atoms with Gasteiger partial charge in [-0.2, -0.15) is 13.2 Å². The number of aromatic nitrogens is 3. The van der Waals surface area contributed by atoms with Gasteiger partial charge >= 0.3 is 6.18 Å². The highest BCUT2D eigenvalue weighted by Crippen LogP contribution is 2.33. The van der Waals surface area contributed by atoms with Gasteiger partial charge in [-0.1, -0.05) is 6.07 Å². The lowest BCUT2D eigenvalue weighted by molar-refractivity contribution is -0.136. The zero-order valence-electron chi connectivity index (χ0n) is 20.0. The Morgan fingerprint density at radius 1 is 1.22 bits per heavy atom. The molecule has 1 aliphatic heterocycles. The maximum atomic E-state index is 13.3. The minimum absolute atomic E-state index is 0.168. The second-order valence-electron chi connectivity index (χ2n) is 8.92. The van der Waals surface area contributed by atoms with Gasteiger partial charge < -0.3 is 25.1 Å². The lowest BCUT2D eigenvalue weighted by Crippen LogP contribution is -2.49. The minimum atomic E-state index is -4.53. The van der Waals surface area contributed by atoms with Crippen LogP contribution < -0.4 is 10.6 Å². The zero-order chi connectivity index (χ0) is 25.5. The molecule has 1 aromatic carbocycles. The molecule has 1 aliphatic rings. The Morgan fingerprint density at radius 2 is 1.97 bits per heavy atom. The van der Waals surface area contributed by atoms with Crippen molar-refractivity contribution in [3.05, 3.63) is 59.7 Å². The topological polar surface area (TPSA) is 101 Å². The molecule has 1 fully saturated rings. The Bertz CT molecular complexity index is 1130. The van der Waals surface area contributed by atoms with Crippen molar-refractivity contribution in [1.82, 2.24) is 25.6 Å². The quantitative estimate of drug-likeness (QED) is 0.391. The zero-order valence-corrected chi connectivity index (χ0v) is 20.0. The number of nitrogens with one attached hydrogen (secondary N) is 3. The van der Waals surface area contributed by atoms with E-state index in [9.17, 15) is 18.0 Å². The summed E-state index contributed by atoms with van der Waals surface area (Å²) in [5.41, 5.74) is 0.169. The second-order valence-corrected chi connectivity index (χ2v) is 8.92. The van der Waals surface area contributed by atoms with Crippen molar-refractivity contribution in [2.75, 3.05) is 19.8 Å². The number of H-pyrrole nitrogens is 1. The highest BCUT2D eigenvalue weighted by atomic mass is 19.4. The first-order valence-corrected chi connectivity index (χ1v) is 12.0. The summed E-state index contributed by atoms with van der Waals surface area (Å²) in [6, 6.07) is 7.48. The van der Waals surface area contributed by atoms with Crippen LogP contribution in [0.4, 0.5) is 13.2 Å². The van der Waals surface area contributed by atoms with Crippen molar-refractivity contribution in [2.24, 2.45) is 0 Å². The van der Waals surface area contributed by atoms with Crippen molar-refractivity contribution < 1.29 is 27.4 Å². The number of aromatic amines is 1. The molecule has 0 aliphatic carbocycles. The van der Waals surface area contributed by atoms with Gasteiger partial charge in [0.2, 0.25) is 5.91 Å². The summed E-state index contributed by atoms with van der Waals surface area (Å²) in [5, 5.41) is 6.42. The number of para-hydroxylation sites is 1. The third-order valence-corrected chi connectivity index (χ3v) is 6.18. The van der Waals surface area contributed by atoms with E-state index in [2.05, 4.69) is 25.6 Å². The van der Waals surface area contributed by atoms with E-state index in [-0.39, 0.29) is 41.3 Å². The summed E-state index contributed by atoms with van der Waals surface area (Å²) >= 11 is 0. The summed E-state index contributed by atoms with van der Waals surface area (Å²) in [6.07, 6.45) is 0.152. The summed E-state index contributed by atoms with van der Waals surface area (Å²) < 4.78 is 51.4. The van der Waals surface area contributed by atoms with Crippen LogP contribution in [0.25, 0.3) is 11.0 Å². The maximum absolute atomic E-state index is 13.3. The van der Waals surface area contributed by atoms with Crippen LogP contribution in [0.15, 0.2) is 42.7 Å². The Morgan fingerprint density at radius 3 is 2.69 bits per heavy atom. The van der Waals surface area contributed by atoms with E-state index in [1.54, 1.807) is 12.4 Å². The first-order valence-electron chi connectivity index (χ1n) is 12.0. The molecule has 36 heavy (non-hydrogen) atoms. The molecular formula is C25H30F3N5O3. The molecule has 8 nitrogen and oxygen atoms in total. The molecule has 3 N–H and O–H groups in total. The average Bonchev–Trinajstić information content (AvgIpc) is 3.26. The molecule has 1 unspecified atom stereocenters. The summed E-state index contributed by atoms with van der Waals surface area (Å²) in [7, 11) is 0. The third kappa shape index (κ3) is 7.02. The predicted molar refractivity (Wildman–Crippen MR) is 127 cm³/mol. The van der Waals surface area contributed by atoms with Gasteiger partial charge in [-0.15, -0.1) is 0 Å². The van der Waals surface area contributed by atoms with E-state index in [4.69, 9.17) is 9.47 Å². The van der Waals surface area contributed by atoms with Crippen LogP contribution in [-0.2, 0) is 33.5 Å². The molecule has 3 aromatic rings. The number of benzene rings is 1. The molecule has 3 heterocycles. The van der Waals surface area contributed by atoms with E-state index in [1.807, 2.05) is 19.1 Å². The average molecular weight is 506 g/mol. The lowest BCUT2D eigenvalue weighted by atomic mass is 10.1. The fraction of sp³-hybridized carbons (Fsp3) is 0.480. The third-order valence-electron chi connectivity index (χ3n) is 6.18. The number of nitrogens with zero attached hydrogens (tertiary/aromatic N) is 2. The highest BCUT2D eigenvalue weighted by Gasteiger charge is 2.34. The Balaban J connectivity index is 1.39. The van der Waals surface area contributed by atoms with E-state index in [0.717, 1.165) is 24.5 Å². The SMILES string of the molecule is CC(NC(=O)Cc1nc2c(C(F)(F)F)cccc2[nH]1)[C@H](CNC1CCOCC1)OCc1ccncc1. The van der Waals surface area contributed by atoms with Crippen molar-refractivity contribution in [3.63, 3.8) is 0 Å². The van der Waals surface area contributed by atoms with E-state index < -0.39 is 11.7 Å². The van der Waals surface area contributed by atoms with Crippen LogP contribution in [0, 0.1) is 0 Å². The molecule has 4 rings (SSSR count). The van der Waals surface area contributed by atoms with Crippen molar-refractivity contribution in [1.29, 1.82) is 0 Å². The number of pyridine rings is 1. The minimum Gasteiger partial charge on any atom is -0.381 e. The second kappa shape index (κ2) is 11.8. The maximum Gasteiger partial charge on any atom is 0.418 e. The molecule has 0 saturated carbocycles. The van der Waals surface area contributed by atoms with Gasteiger partial charge in [0.15, 0.2) is 0 Å². The van der Waals surface area contributed by atoms with E-state index in [0.29, 0.717) is 32.4 Å². The number of ether oxygens (including phenoxy) is 2. The number of imidazole rings is 1. The van der Waals surface area contributed by atoms with Crippen LogP contribution in [0.1, 0.15) is 36.7 Å². The molecular weight excluding hydrogens is 475 g/mol. The number of halogens is 3. The fourth-order valence-corrected chi connectivity index (χ4v) is 4.19. The number of hydrogen-bond acceptors (Lipinski definition) is 6. The number of carbonyl (C=O) groups is 1. The lowest BCUT2D eigenvalue weighted by Gasteiger charge is -2.29. The number of amides is 1. The Hall–Kier alpha value is -3.02. The van der Waals surface area contributed by atoms with Gasteiger partial charge in [0.05, 0.1) is 36.3 Å². The van der Waals surface area contributed by atoms with Gasteiger partial charge in [-0.25, -0.2) is 4.98 Å². The molecule has 11 heteroatoms. The molecule has 2 aromatic heterocycles. The van der Waals surface area contributed by atoms with E-state index in [1.165, 1.54) is 12.1 Å². The van der Waals surface area contributed by atoms with Crippen molar-refractivity contribution in [2.45, 2.75) is 57.2 Å². The molecule has 0 spiro atoms. The van der Waals surface area contributed by atoms with Gasteiger partial charge in [0.1, 0.15) is 11.3 Å². The van der Waals surface area contributed by atoms with Crippen LogP contribution >= 0.6 is 0 Å². The smallest absolute Gasteiger partial charge is 0.381 e. The van der Waals surface area contributed by atoms with Crippen molar-refractivity contribution in [3.8, 4) is 0 Å². The fourth-order valence-electron chi connectivity index (χ4n) is 4.19. The number of hydrogen-bond donors (Lipinski definition) is 3. The molecule has 1 saturated heterocycles. The van der Waals surface area contributed by atoms with Crippen LogP contribution in [0.2, 0.25) is 0 Å². The van der Waals surface area contributed by atoms with Gasteiger partial charge in [0.25, 0.3) is 0 Å². The van der Waals surface area contributed by atoms with Crippen LogP contribution in [-0.4, -0.2) is 58.8 Å². The molecule has 0 bridgehead atoms. The number of rotatable bonds is 10. The molecule has 1 amide bonds. The molecule has 194 valence electrons. The highest BCUT2D eigenvalue weighted by molar-refractivity contribution is 5.82. The van der Waals surface area contributed by atoms with Gasteiger partial charge in [-0.05, 0) is 49.6 Å². The first-order chi connectivity index (χ1) is 17.3.